The largest absolute Gasteiger partial charge is 0.394 e. The van der Waals surface area contributed by atoms with E-state index in [1.807, 2.05) is 12.2 Å². The Kier molecular flexibility index (Phi) is 9.64. The Balaban J connectivity index is 2.27. The Labute approximate surface area is 129 Å². The van der Waals surface area contributed by atoms with E-state index in [0.717, 1.165) is 19.3 Å². The average molecular weight is 296 g/mol. The maximum absolute atomic E-state index is 9.48. The summed E-state index contributed by atoms with van der Waals surface area (Å²) in [4.78, 5) is 0. The van der Waals surface area contributed by atoms with Gasteiger partial charge in [0.05, 0.1) is 18.8 Å². The fourth-order valence-electron chi connectivity index (χ4n) is 2.71. The molecule has 0 aliphatic heterocycles. The SMILES string of the molecule is CCCCCCCCCC1(OCC(O)CO)C=CC=CC1. The van der Waals surface area contributed by atoms with Crippen molar-refractivity contribution in [1.82, 2.24) is 0 Å². The van der Waals surface area contributed by atoms with E-state index in [4.69, 9.17) is 9.84 Å². The summed E-state index contributed by atoms with van der Waals surface area (Å²) in [5, 5.41) is 18.4. The lowest BCUT2D eigenvalue weighted by atomic mass is 9.89. The molecule has 122 valence electrons. The zero-order chi connectivity index (χ0) is 15.4. The van der Waals surface area contributed by atoms with Gasteiger partial charge in [-0.3, -0.25) is 0 Å². The van der Waals surface area contributed by atoms with Gasteiger partial charge in [-0.2, -0.15) is 0 Å². The average Bonchev–Trinajstić information content (AvgIpc) is 2.53. The molecule has 0 saturated heterocycles. The molecule has 0 saturated carbocycles. The van der Waals surface area contributed by atoms with Crippen LogP contribution in [0.1, 0.15) is 64.7 Å². The molecule has 0 aromatic rings. The molecule has 0 amide bonds. The van der Waals surface area contributed by atoms with Crippen LogP contribution in [0.3, 0.4) is 0 Å². The first-order valence-electron chi connectivity index (χ1n) is 8.49. The minimum atomic E-state index is -0.782. The molecule has 2 N–H and O–H groups in total. The van der Waals surface area contributed by atoms with Crippen LogP contribution in [0.4, 0.5) is 0 Å². The molecule has 3 heteroatoms. The normalized spacial score (nSPS) is 22.6. The number of rotatable bonds is 12. The molecule has 0 spiro atoms. The summed E-state index contributed by atoms with van der Waals surface area (Å²) in [6.07, 6.45) is 18.4. The van der Waals surface area contributed by atoms with Gasteiger partial charge in [0.1, 0.15) is 6.10 Å². The highest BCUT2D eigenvalue weighted by molar-refractivity contribution is 5.18. The summed E-state index contributed by atoms with van der Waals surface area (Å²) >= 11 is 0. The predicted molar refractivity (Wildman–Crippen MR) is 87.3 cm³/mol. The third-order valence-electron chi connectivity index (χ3n) is 4.09. The fraction of sp³-hybridized carbons (Fsp3) is 0.778. The van der Waals surface area contributed by atoms with Crippen molar-refractivity contribution in [2.75, 3.05) is 13.2 Å². The first-order chi connectivity index (χ1) is 10.2. The quantitative estimate of drug-likeness (QED) is 0.539. The lowest BCUT2D eigenvalue weighted by Gasteiger charge is -2.32. The van der Waals surface area contributed by atoms with Crippen molar-refractivity contribution in [3.63, 3.8) is 0 Å². The Hall–Kier alpha value is -0.640. The molecule has 0 heterocycles. The third kappa shape index (κ3) is 7.79. The number of hydrogen-bond donors (Lipinski definition) is 2. The van der Waals surface area contributed by atoms with Gasteiger partial charge in [0.2, 0.25) is 0 Å². The van der Waals surface area contributed by atoms with Crippen LogP contribution in [0.5, 0.6) is 0 Å². The Morgan fingerprint density at radius 3 is 2.43 bits per heavy atom. The fourth-order valence-corrected chi connectivity index (χ4v) is 2.71. The lowest BCUT2D eigenvalue weighted by molar-refractivity contribution is -0.0679. The van der Waals surface area contributed by atoms with Crippen molar-refractivity contribution in [3.05, 3.63) is 24.3 Å². The zero-order valence-corrected chi connectivity index (χ0v) is 13.5. The highest BCUT2D eigenvalue weighted by Gasteiger charge is 2.28. The van der Waals surface area contributed by atoms with Crippen LogP contribution in [0, 0.1) is 0 Å². The van der Waals surface area contributed by atoms with Crippen molar-refractivity contribution in [2.24, 2.45) is 0 Å². The van der Waals surface area contributed by atoms with Gasteiger partial charge in [-0.25, -0.2) is 0 Å². The smallest absolute Gasteiger partial charge is 0.100 e. The first-order valence-corrected chi connectivity index (χ1v) is 8.49. The van der Waals surface area contributed by atoms with Crippen LogP contribution in [-0.4, -0.2) is 35.1 Å². The molecule has 1 aliphatic rings. The summed E-state index contributed by atoms with van der Waals surface area (Å²) in [6.45, 7) is 2.20. The van der Waals surface area contributed by atoms with Crippen LogP contribution < -0.4 is 0 Å². The summed E-state index contributed by atoms with van der Waals surface area (Å²) in [5.41, 5.74) is -0.283. The zero-order valence-electron chi connectivity index (χ0n) is 13.5. The second kappa shape index (κ2) is 11.0. The van der Waals surface area contributed by atoms with E-state index in [1.54, 1.807) is 0 Å². The maximum atomic E-state index is 9.48. The molecule has 0 aromatic heterocycles. The van der Waals surface area contributed by atoms with Gasteiger partial charge in [0.15, 0.2) is 0 Å². The summed E-state index contributed by atoms with van der Waals surface area (Å²) in [7, 11) is 0. The van der Waals surface area contributed by atoms with Crippen LogP contribution in [0.25, 0.3) is 0 Å². The van der Waals surface area contributed by atoms with E-state index in [0.29, 0.717) is 0 Å². The van der Waals surface area contributed by atoms with Crippen molar-refractivity contribution >= 4 is 0 Å². The molecule has 3 nitrogen and oxygen atoms in total. The minimum Gasteiger partial charge on any atom is -0.394 e. The maximum Gasteiger partial charge on any atom is 0.100 e. The molecular weight excluding hydrogens is 264 g/mol. The van der Waals surface area contributed by atoms with Crippen LogP contribution in [0.2, 0.25) is 0 Å². The van der Waals surface area contributed by atoms with Crippen molar-refractivity contribution < 1.29 is 14.9 Å². The summed E-state index contributed by atoms with van der Waals surface area (Å²) < 4.78 is 5.92. The number of unbranched alkanes of at least 4 members (excludes halogenated alkanes) is 6. The van der Waals surface area contributed by atoms with Gasteiger partial charge in [0.25, 0.3) is 0 Å². The topological polar surface area (TPSA) is 49.7 Å². The molecule has 1 aliphatic carbocycles. The molecular formula is C18H32O3. The highest BCUT2D eigenvalue weighted by Crippen LogP contribution is 2.29. The summed E-state index contributed by atoms with van der Waals surface area (Å²) in [5.74, 6) is 0. The second-order valence-electron chi connectivity index (χ2n) is 6.07. The lowest BCUT2D eigenvalue weighted by Crippen LogP contribution is -2.35. The van der Waals surface area contributed by atoms with Gasteiger partial charge < -0.3 is 14.9 Å². The van der Waals surface area contributed by atoms with Gasteiger partial charge in [-0.1, -0.05) is 76.2 Å². The Morgan fingerprint density at radius 2 is 1.81 bits per heavy atom. The van der Waals surface area contributed by atoms with E-state index in [9.17, 15) is 5.11 Å². The Bertz CT molecular complexity index is 312. The second-order valence-corrected chi connectivity index (χ2v) is 6.07. The number of ether oxygens (including phenoxy) is 1. The van der Waals surface area contributed by atoms with Gasteiger partial charge in [0, 0.05) is 0 Å². The van der Waals surface area contributed by atoms with E-state index in [1.165, 1.54) is 38.5 Å². The number of aliphatic hydroxyl groups excluding tert-OH is 2. The molecule has 0 bridgehead atoms. The van der Waals surface area contributed by atoms with Gasteiger partial charge >= 0.3 is 0 Å². The van der Waals surface area contributed by atoms with Crippen molar-refractivity contribution in [1.29, 1.82) is 0 Å². The van der Waals surface area contributed by atoms with Crippen LogP contribution in [0.15, 0.2) is 24.3 Å². The Morgan fingerprint density at radius 1 is 1.10 bits per heavy atom. The van der Waals surface area contributed by atoms with E-state index < -0.39 is 6.10 Å². The van der Waals surface area contributed by atoms with Crippen molar-refractivity contribution in [2.45, 2.75) is 76.4 Å². The summed E-state index contributed by atoms with van der Waals surface area (Å²) in [6, 6.07) is 0. The third-order valence-corrected chi connectivity index (χ3v) is 4.09. The number of allylic oxidation sites excluding steroid dienone is 2. The standard InChI is InChI=1S/C18H32O3/c1-2-3-4-5-6-7-9-12-18(13-10-8-11-14-18)21-16-17(20)15-19/h8,10-11,13,17,19-20H,2-7,9,12,14-16H2,1H3. The molecule has 0 fully saturated rings. The van der Waals surface area contributed by atoms with Crippen molar-refractivity contribution in [3.8, 4) is 0 Å². The van der Waals surface area contributed by atoms with Crippen LogP contribution >= 0.6 is 0 Å². The van der Waals surface area contributed by atoms with E-state index in [2.05, 4.69) is 19.1 Å². The molecule has 21 heavy (non-hydrogen) atoms. The molecule has 1 rings (SSSR count). The van der Waals surface area contributed by atoms with E-state index >= 15 is 0 Å². The van der Waals surface area contributed by atoms with Gasteiger partial charge in [-0.15, -0.1) is 0 Å². The van der Waals surface area contributed by atoms with E-state index in [-0.39, 0.29) is 18.8 Å². The molecule has 2 atom stereocenters. The van der Waals surface area contributed by atoms with Gasteiger partial charge in [-0.05, 0) is 12.8 Å². The molecule has 2 unspecified atom stereocenters. The molecule has 0 radical (unpaired) electrons. The molecule has 0 aromatic carbocycles. The minimum absolute atomic E-state index is 0.200. The predicted octanol–water partition coefficient (Wildman–Crippen LogP) is 3.75. The monoisotopic (exact) mass is 296 g/mol. The highest BCUT2D eigenvalue weighted by atomic mass is 16.5. The number of hydrogen-bond acceptors (Lipinski definition) is 3. The van der Waals surface area contributed by atoms with Crippen LogP contribution in [-0.2, 0) is 4.74 Å². The number of aliphatic hydroxyl groups is 2. The first kappa shape index (κ1) is 18.4.